The Labute approximate surface area is 61.5 Å². The summed E-state index contributed by atoms with van der Waals surface area (Å²) in [6.07, 6.45) is 1.85. The fraction of sp³-hybridized carbons (Fsp3) is 0.714. The van der Waals surface area contributed by atoms with E-state index in [2.05, 4.69) is 28.9 Å². The van der Waals surface area contributed by atoms with Crippen LogP contribution in [0.3, 0.4) is 0 Å². The standard InChI is InChI=1S/C7H13N3/c1-3-10(2)6-7-8-4-5-9-7/h4H,3,5-6H2,1-2H3. The highest BCUT2D eigenvalue weighted by Crippen LogP contribution is 1.91. The predicted molar refractivity (Wildman–Crippen MR) is 44.0 cm³/mol. The Kier molecular flexibility index (Phi) is 2.57. The second-order valence-electron chi connectivity index (χ2n) is 2.40. The van der Waals surface area contributed by atoms with Crippen molar-refractivity contribution in [3.63, 3.8) is 0 Å². The average Bonchev–Trinajstić information content (AvgIpc) is 2.40. The van der Waals surface area contributed by atoms with Crippen LogP contribution in [-0.2, 0) is 0 Å². The molecule has 10 heavy (non-hydrogen) atoms. The van der Waals surface area contributed by atoms with Crippen LogP contribution in [0.25, 0.3) is 0 Å². The molecule has 0 aromatic heterocycles. The largest absolute Gasteiger partial charge is 0.299 e. The van der Waals surface area contributed by atoms with E-state index in [1.54, 1.807) is 0 Å². The van der Waals surface area contributed by atoms with E-state index in [0.717, 1.165) is 25.5 Å². The van der Waals surface area contributed by atoms with E-state index in [1.807, 2.05) is 6.21 Å². The summed E-state index contributed by atoms with van der Waals surface area (Å²) in [6.45, 7) is 4.83. The molecule has 0 aliphatic carbocycles. The fourth-order valence-corrected chi connectivity index (χ4v) is 0.777. The SMILES string of the molecule is CCN(C)CC1=NCC=N1. The minimum absolute atomic E-state index is 0.771. The first-order chi connectivity index (χ1) is 4.83. The van der Waals surface area contributed by atoms with Crippen molar-refractivity contribution in [1.82, 2.24) is 4.90 Å². The molecule has 1 aliphatic heterocycles. The summed E-state index contributed by atoms with van der Waals surface area (Å²) in [5.41, 5.74) is 0. The van der Waals surface area contributed by atoms with E-state index in [9.17, 15) is 0 Å². The van der Waals surface area contributed by atoms with Crippen molar-refractivity contribution in [3.8, 4) is 0 Å². The average molecular weight is 139 g/mol. The van der Waals surface area contributed by atoms with Gasteiger partial charge in [-0.15, -0.1) is 0 Å². The Balaban J connectivity index is 2.31. The molecule has 3 heteroatoms. The Hall–Kier alpha value is -0.700. The van der Waals surface area contributed by atoms with E-state index < -0.39 is 0 Å². The zero-order valence-electron chi connectivity index (χ0n) is 6.54. The van der Waals surface area contributed by atoms with Gasteiger partial charge in [0.25, 0.3) is 0 Å². The van der Waals surface area contributed by atoms with Crippen LogP contribution in [0, 0.1) is 0 Å². The molecular formula is C7H13N3. The molecule has 0 spiro atoms. The van der Waals surface area contributed by atoms with Crippen molar-refractivity contribution < 1.29 is 0 Å². The van der Waals surface area contributed by atoms with Gasteiger partial charge in [0.1, 0.15) is 5.84 Å². The summed E-state index contributed by atoms with van der Waals surface area (Å²) < 4.78 is 0. The topological polar surface area (TPSA) is 28.0 Å². The quantitative estimate of drug-likeness (QED) is 0.557. The Morgan fingerprint density at radius 2 is 2.50 bits per heavy atom. The first-order valence-corrected chi connectivity index (χ1v) is 3.57. The Morgan fingerprint density at radius 3 is 3.00 bits per heavy atom. The van der Waals surface area contributed by atoms with Crippen molar-refractivity contribution in [2.24, 2.45) is 9.98 Å². The number of rotatable bonds is 3. The lowest BCUT2D eigenvalue weighted by Gasteiger charge is -2.10. The van der Waals surface area contributed by atoms with Gasteiger partial charge in [-0.25, -0.2) is 4.99 Å². The lowest BCUT2D eigenvalue weighted by Crippen LogP contribution is -2.23. The number of nitrogens with zero attached hydrogens (tertiary/aromatic N) is 3. The number of hydrogen-bond donors (Lipinski definition) is 0. The van der Waals surface area contributed by atoms with E-state index in [0.29, 0.717) is 0 Å². The number of amidine groups is 1. The zero-order chi connectivity index (χ0) is 7.40. The molecule has 0 N–H and O–H groups in total. The maximum absolute atomic E-state index is 4.18. The molecule has 0 bridgehead atoms. The van der Waals surface area contributed by atoms with Gasteiger partial charge in [-0.1, -0.05) is 6.92 Å². The molecule has 3 nitrogen and oxygen atoms in total. The molecule has 1 aliphatic rings. The van der Waals surface area contributed by atoms with E-state index in [4.69, 9.17) is 0 Å². The molecule has 0 fully saturated rings. The lowest BCUT2D eigenvalue weighted by molar-refractivity contribution is 0.402. The van der Waals surface area contributed by atoms with Crippen LogP contribution >= 0.6 is 0 Å². The molecule has 0 aromatic carbocycles. The molecule has 0 unspecified atom stereocenters. The molecule has 0 radical (unpaired) electrons. The third-order valence-electron chi connectivity index (χ3n) is 1.55. The van der Waals surface area contributed by atoms with Gasteiger partial charge >= 0.3 is 0 Å². The van der Waals surface area contributed by atoms with Crippen molar-refractivity contribution in [2.75, 3.05) is 26.7 Å². The van der Waals surface area contributed by atoms with Gasteiger partial charge in [0.15, 0.2) is 0 Å². The van der Waals surface area contributed by atoms with Crippen LogP contribution in [-0.4, -0.2) is 43.6 Å². The van der Waals surface area contributed by atoms with Crippen LogP contribution < -0.4 is 0 Å². The highest BCUT2D eigenvalue weighted by molar-refractivity contribution is 5.95. The van der Waals surface area contributed by atoms with Gasteiger partial charge in [0.05, 0.1) is 13.1 Å². The van der Waals surface area contributed by atoms with Gasteiger partial charge < -0.3 is 0 Å². The summed E-state index contributed by atoms with van der Waals surface area (Å²) in [5, 5.41) is 0. The first kappa shape index (κ1) is 7.41. The smallest absolute Gasteiger partial charge is 0.137 e. The summed E-state index contributed by atoms with van der Waals surface area (Å²) >= 11 is 0. The van der Waals surface area contributed by atoms with Gasteiger partial charge in [0.2, 0.25) is 0 Å². The molecule has 1 rings (SSSR count). The van der Waals surface area contributed by atoms with Gasteiger partial charge in [0, 0.05) is 6.21 Å². The molecule has 0 amide bonds. The van der Waals surface area contributed by atoms with Gasteiger partial charge in [-0.05, 0) is 13.6 Å². The maximum Gasteiger partial charge on any atom is 0.137 e. The van der Waals surface area contributed by atoms with Crippen LogP contribution in [0.15, 0.2) is 9.98 Å². The Bertz CT molecular complexity index is 160. The van der Waals surface area contributed by atoms with Crippen LogP contribution in [0.5, 0.6) is 0 Å². The monoisotopic (exact) mass is 139 g/mol. The van der Waals surface area contributed by atoms with E-state index in [-0.39, 0.29) is 0 Å². The molecular weight excluding hydrogens is 126 g/mol. The van der Waals surface area contributed by atoms with Crippen molar-refractivity contribution in [3.05, 3.63) is 0 Å². The minimum Gasteiger partial charge on any atom is -0.299 e. The summed E-state index contributed by atoms with van der Waals surface area (Å²) in [4.78, 5) is 10.5. The second kappa shape index (κ2) is 3.46. The first-order valence-electron chi connectivity index (χ1n) is 3.57. The third kappa shape index (κ3) is 1.92. The van der Waals surface area contributed by atoms with E-state index >= 15 is 0 Å². The fourth-order valence-electron chi connectivity index (χ4n) is 0.777. The van der Waals surface area contributed by atoms with Crippen LogP contribution in [0.4, 0.5) is 0 Å². The number of likely N-dealkylation sites (N-methyl/N-ethyl adjacent to an activating group) is 1. The summed E-state index contributed by atoms with van der Waals surface area (Å²) in [5.74, 6) is 0.962. The van der Waals surface area contributed by atoms with E-state index in [1.165, 1.54) is 0 Å². The summed E-state index contributed by atoms with van der Waals surface area (Å²) in [7, 11) is 2.07. The highest BCUT2D eigenvalue weighted by Gasteiger charge is 2.02. The molecule has 1 heterocycles. The number of hydrogen-bond acceptors (Lipinski definition) is 3. The molecule has 56 valence electrons. The van der Waals surface area contributed by atoms with Crippen molar-refractivity contribution in [1.29, 1.82) is 0 Å². The zero-order valence-corrected chi connectivity index (χ0v) is 6.54. The third-order valence-corrected chi connectivity index (χ3v) is 1.55. The minimum atomic E-state index is 0.771. The molecule has 0 saturated heterocycles. The Morgan fingerprint density at radius 1 is 1.70 bits per heavy atom. The number of aliphatic imine (C=N–C) groups is 2. The van der Waals surface area contributed by atoms with Crippen molar-refractivity contribution >= 4 is 12.1 Å². The predicted octanol–water partition coefficient (Wildman–Crippen LogP) is 0.421. The summed E-state index contributed by atoms with van der Waals surface area (Å²) in [6, 6.07) is 0. The normalized spacial score (nSPS) is 16.5. The molecule has 0 atom stereocenters. The van der Waals surface area contributed by atoms with Gasteiger partial charge in [-0.3, -0.25) is 9.89 Å². The second-order valence-corrected chi connectivity index (χ2v) is 2.40. The molecule has 0 aromatic rings. The lowest BCUT2D eigenvalue weighted by atomic mass is 10.5. The maximum atomic E-state index is 4.18. The molecule has 0 saturated carbocycles. The van der Waals surface area contributed by atoms with Crippen LogP contribution in [0.2, 0.25) is 0 Å². The van der Waals surface area contributed by atoms with Crippen molar-refractivity contribution in [2.45, 2.75) is 6.92 Å². The van der Waals surface area contributed by atoms with Crippen LogP contribution in [0.1, 0.15) is 6.92 Å². The van der Waals surface area contributed by atoms with Gasteiger partial charge in [-0.2, -0.15) is 0 Å². The highest BCUT2D eigenvalue weighted by atomic mass is 15.1.